The van der Waals surface area contributed by atoms with Crippen LogP contribution in [0.4, 0.5) is 0 Å². The molecule has 0 heterocycles. The van der Waals surface area contributed by atoms with Crippen molar-refractivity contribution < 1.29 is 13.0 Å². The average Bonchev–Trinajstić information content (AvgIpc) is 2.40. The molecule has 0 atom stereocenters. The Bertz CT molecular complexity index is 273. The van der Waals surface area contributed by atoms with E-state index in [1.54, 1.807) is 0 Å². The lowest BCUT2D eigenvalue weighted by atomic mass is 10.6. The van der Waals surface area contributed by atoms with Crippen LogP contribution < -0.4 is 0 Å². The monoisotopic (exact) mass is 324 g/mol. The van der Waals surface area contributed by atoms with E-state index in [0.717, 1.165) is 6.42 Å². The molecule has 0 aliphatic carbocycles. The van der Waals surface area contributed by atoms with Crippen molar-refractivity contribution in [2.45, 2.75) is 40.2 Å². The van der Waals surface area contributed by atoms with Gasteiger partial charge in [0.25, 0.3) is 0 Å². The second kappa shape index (κ2) is 10.1. The molecule has 0 rings (SSSR count). The Hall–Kier alpha value is 0.301. The van der Waals surface area contributed by atoms with Crippen LogP contribution in [0.1, 0.15) is 34.1 Å². The summed E-state index contributed by atoms with van der Waals surface area (Å²) in [6.45, 7) is 8.06. The van der Waals surface area contributed by atoms with Crippen LogP contribution in [-0.2, 0) is 8.23 Å². The van der Waals surface area contributed by atoms with Gasteiger partial charge in [-0.25, -0.2) is 0 Å². The van der Waals surface area contributed by atoms with E-state index in [4.69, 9.17) is 19.8 Å². The van der Waals surface area contributed by atoms with Crippen LogP contribution in [-0.4, -0.2) is 39.0 Å². The van der Waals surface area contributed by atoms with Gasteiger partial charge in [-0.2, -0.15) is 0 Å². The third-order valence-corrected chi connectivity index (χ3v) is 10.4. The minimum absolute atomic E-state index is 0.538. The van der Waals surface area contributed by atoms with Gasteiger partial charge in [0.05, 0.1) is 0 Å². The standard InChI is InChI=1S/C11H25ClO3Si3/c1-5-10(3)16-14-18(13,9-7-8-12)15-17-11(4)6-2/h5-6,13H,7-9,16-17H2,1-4H3. The van der Waals surface area contributed by atoms with Crippen molar-refractivity contribution >= 4 is 39.9 Å². The lowest BCUT2D eigenvalue weighted by molar-refractivity contribution is 0.263. The SMILES string of the molecule is CC=C(C)[SiH2]O[Si](O)(CCCCl)O[SiH2]C(C)=CC. The smallest absolute Gasteiger partial charge is 0.418 e. The maximum Gasteiger partial charge on any atom is 0.477 e. The number of allylic oxidation sites excluding steroid dienone is 4. The summed E-state index contributed by atoms with van der Waals surface area (Å²) < 4.78 is 11.5. The first-order valence-electron chi connectivity index (χ1n) is 6.27. The lowest BCUT2D eigenvalue weighted by Gasteiger charge is -2.25. The Morgan fingerprint density at radius 3 is 1.94 bits per heavy atom. The van der Waals surface area contributed by atoms with E-state index in [-0.39, 0.29) is 0 Å². The fourth-order valence-electron chi connectivity index (χ4n) is 1.10. The zero-order valence-electron chi connectivity index (χ0n) is 11.8. The molecular formula is C11H25ClO3Si3. The Balaban J connectivity index is 4.41. The van der Waals surface area contributed by atoms with Gasteiger partial charge < -0.3 is 13.0 Å². The third-order valence-electron chi connectivity index (χ3n) is 2.66. The molecule has 0 saturated carbocycles. The Labute approximate surface area is 121 Å². The maximum atomic E-state index is 10.5. The van der Waals surface area contributed by atoms with E-state index < -0.39 is 28.3 Å². The Morgan fingerprint density at radius 1 is 1.17 bits per heavy atom. The van der Waals surface area contributed by atoms with Crippen LogP contribution >= 0.6 is 11.6 Å². The van der Waals surface area contributed by atoms with Crippen LogP contribution in [0.5, 0.6) is 0 Å². The van der Waals surface area contributed by atoms with Crippen molar-refractivity contribution in [3.63, 3.8) is 0 Å². The van der Waals surface area contributed by atoms with Crippen molar-refractivity contribution in [1.82, 2.24) is 0 Å². The number of rotatable bonds is 9. The van der Waals surface area contributed by atoms with Gasteiger partial charge >= 0.3 is 8.80 Å². The number of alkyl halides is 1. The molecule has 0 aliphatic rings. The molecule has 0 spiro atoms. The largest absolute Gasteiger partial charge is 0.477 e. The fraction of sp³-hybridized carbons (Fsp3) is 0.636. The van der Waals surface area contributed by atoms with E-state index >= 15 is 0 Å². The summed E-state index contributed by atoms with van der Waals surface area (Å²) in [5.41, 5.74) is 0. The van der Waals surface area contributed by atoms with E-state index in [1.807, 2.05) is 39.8 Å². The molecule has 1 N–H and O–H groups in total. The topological polar surface area (TPSA) is 38.7 Å². The quantitative estimate of drug-likeness (QED) is 0.517. The van der Waals surface area contributed by atoms with Gasteiger partial charge in [0.15, 0.2) is 19.5 Å². The summed E-state index contributed by atoms with van der Waals surface area (Å²) in [6.07, 6.45) is 4.82. The van der Waals surface area contributed by atoms with Gasteiger partial charge in [-0.1, -0.05) is 22.5 Å². The molecule has 0 aromatic heterocycles. The summed E-state index contributed by atoms with van der Waals surface area (Å²) in [7, 11) is -4.65. The van der Waals surface area contributed by atoms with E-state index in [2.05, 4.69) is 0 Å². The van der Waals surface area contributed by atoms with Gasteiger partial charge in [0, 0.05) is 11.9 Å². The van der Waals surface area contributed by atoms with Crippen LogP contribution in [0.15, 0.2) is 22.5 Å². The number of hydrogen-bond donors (Lipinski definition) is 1. The van der Waals surface area contributed by atoms with E-state index in [0.29, 0.717) is 11.9 Å². The minimum Gasteiger partial charge on any atom is -0.418 e. The summed E-state index contributed by atoms with van der Waals surface area (Å²) in [6, 6.07) is 0.574. The molecule has 106 valence electrons. The van der Waals surface area contributed by atoms with Gasteiger partial charge in [-0.15, -0.1) is 11.6 Å². The molecule has 0 unspecified atom stereocenters. The molecular weight excluding hydrogens is 300 g/mol. The fourth-order valence-corrected chi connectivity index (χ4v) is 8.27. The summed E-state index contributed by atoms with van der Waals surface area (Å²) in [5.74, 6) is 0.538. The molecule has 0 aromatic rings. The molecule has 0 aromatic carbocycles. The van der Waals surface area contributed by atoms with Crippen molar-refractivity contribution in [1.29, 1.82) is 0 Å². The predicted octanol–water partition coefficient (Wildman–Crippen LogP) is 1.59. The molecule has 18 heavy (non-hydrogen) atoms. The first-order chi connectivity index (χ1) is 8.47. The molecule has 7 heteroatoms. The highest BCUT2D eigenvalue weighted by atomic mass is 35.5. The van der Waals surface area contributed by atoms with Crippen molar-refractivity contribution in [3.05, 3.63) is 22.5 Å². The predicted molar refractivity (Wildman–Crippen MR) is 86.2 cm³/mol. The van der Waals surface area contributed by atoms with Crippen LogP contribution in [0.25, 0.3) is 0 Å². The molecule has 0 amide bonds. The third kappa shape index (κ3) is 8.41. The number of hydrogen-bond acceptors (Lipinski definition) is 3. The first kappa shape index (κ1) is 18.3. The summed E-state index contributed by atoms with van der Waals surface area (Å²) in [4.78, 5) is 10.5. The molecule has 0 radical (unpaired) electrons. The molecule has 0 aliphatic heterocycles. The molecule has 0 bridgehead atoms. The van der Waals surface area contributed by atoms with Crippen LogP contribution in [0.3, 0.4) is 0 Å². The minimum atomic E-state index is -2.97. The zero-order valence-corrected chi connectivity index (χ0v) is 16.4. The zero-order chi connectivity index (χ0) is 14.0. The van der Waals surface area contributed by atoms with E-state index in [9.17, 15) is 4.80 Å². The second-order valence-corrected chi connectivity index (χ2v) is 11.8. The van der Waals surface area contributed by atoms with Gasteiger partial charge in [0.1, 0.15) is 0 Å². The summed E-state index contributed by atoms with van der Waals surface area (Å²) in [5, 5.41) is 2.47. The van der Waals surface area contributed by atoms with Crippen LogP contribution in [0, 0.1) is 0 Å². The highest BCUT2D eigenvalue weighted by Crippen LogP contribution is 2.14. The van der Waals surface area contributed by atoms with E-state index in [1.165, 1.54) is 10.4 Å². The second-order valence-electron chi connectivity index (χ2n) is 4.35. The summed E-state index contributed by atoms with van der Waals surface area (Å²) >= 11 is 5.69. The highest BCUT2D eigenvalue weighted by Gasteiger charge is 2.35. The van der Waals surface area contributed by atoms with Crippen molar-refractivity contribution in [2.24, 2.45) is 0 Å². The highest BCUT2D eigenvalue weighted by molar-refractivity contribution is 6.71. The average molecular weight is 325 g/mol. The van der Waals surface area contributed by atoms with Gasteiger partial charge in [-0.05, 0) is 34.1 Å². The van der Waals surface area contributed by atoms with Crippen molar-refractivity contribution in [2.75, 3.05) is 5.88 Å². The Morgan fingerprint density at radius 2 is 1.61 bits per heavy atom. The maximum absolute atomic E-state index is 10.5. The number of halogens is 1. The molecule has 0 fully saturated rings. The molecule has 3 nitrogen and oxygen atoms in total. The van der Waals surface area contributed by atoms with Crippen LogP contribution in [0.2, 0.25) is 6.04 Å². The Kier molecular flexibility index (Phi) is 10.3. The van der Waals surface area contributed by atoms with Crippen molar-refractivity contribution in [3.8, 4) is 0 Å². The normalized spacial score (nSPS) is 18.1. The molecule has 0 saturated heterocycles. The first-order valence-corrected chi connectivity index (χ1v) is 11.3. The van der Waals surface area contributed by atoms with Gasteiger partial charge in [0.2, 0.25) is 0 Å². The van der Waals surface area contributed by atoms with Gasteiger partial charge in [-0.3, -0.25) is 0 Å². The lowest BCUT2D eigenvalue weighted by Crippen LogP contribution is -2.45.